The Morgan fingerprint density at radius 2 is 1.96 bits per heavy atom. The maximum atomic E-state index is 12.9. The summed E-state index contributed by atoms with van der Waals surface area (Å²) in [6, 6.07) is -0.416. The van der Waals surface area contributed by atoms with Gasteiger partial charge in [0.2, 0.25) is 0 Å². The normalized spacial score (nSPS) is 20.3. The van der Waals surface area contributed by atoms with Crippen LogP contribution in [0.2, 0.25) is 0 Å². The van der Waals surface area contributed by atoms with Crippen LogP contribution >= 0.6 is 11.3 Å². The van der Waals surface area contributed by atoms with Crippen molar-refractivity contribution in [3.8, 4) is 0 Å². The van der Waals surface area contributed by atoms with Gasteiger partial charge in [-0.25, -0.2) is 4.79 Å². The van der Waals surface area contributed by atoms with Crippen molar-refractivity contribution in [3.05, 3.63) is 31.3 Å². The van der Waals surface area contributed by atoms with E-state index in [2.05, 4.69) is 0 Å². The van der Waals surface area contributed by atoms with Crippen LogP contribution in [0.15, 0.2) is 9.59 Å². The Bertz CT molecular complexity index is 967. The minimum Gasteiger partial charge on any atom is -0.381 e. The highest BCUT2D eigenvalue weighted by molar-refractivity contribution is 7.20. The fourth-order valence-electron chi connectivity index (χ4n) is 3.19. The van der Waals surface area contributed by atoms with Crippen molar-refractivity contribution >= 4 is 27.8 Å². The molecule has 1 saturated carbocycles. The fourth-order valence-corrected chi connectivity index (χ4v) is 4.33. The van der Waals surface area contributed by atoms with Gasteiger partial charge in [0.1, 0.15) is 4.83 Å². The molecule has 6 nitrogen and oxygen atoms in total. The number of hydrogen-bond donors (Lipinski definition) is 0. The number of hydrogen-bond acceptors (Lipinski definition) is 5. The van der Waals surface area contributed by atoms with Gasteiger partial charge < -0.3 is 4.74 Å². The molecule has 10 heteroatoms. The molecule has 26 heavy (non-hydrogen) atoms. The van der Waals surface area contributed by atoms with Crippen LogP contribution in [0.1, 0.15) is 40.5 Å². The lowest BCUT2D eigenvalue weighted by Gasteiger charge is -2.35. The number of halogens is 3. The van der Waals surface area contributed by atoms with Gasteiger partial charge in [0.05, 0.1) is 22.8 Å². The quantitative estimate of drug-likeness (QED) is 0.736. The Hall–Kier alpha value is -1.94. The van der Waals surface area contributed by atoms with Gasteiger partial charge >= 0.3 is 11.9 Å². The van der Waals surface area contributed by atoms with Crippen molar-refractivity contribution in [2.24, 2.45) is 0 Å². The van der Waals surface area contributed by atoms with E-state index in [4.69, 9.17) is 4.74 Å². The lowest BCUT2D eigenvalue weighted by Crippen LogP contribution is -2.47. The highest BCUT2D eigenvalue weighted by atomic mass is 32.1. The molecule has 3 rings (SSSR count). The SMILES string of the molecule is COC1CC(n2c(=O)c3c(C)c(C=O)sc3n(CCC(F)(F)F)c2=O)C1. The molecule has 0 saturated heterocycles. The number of alkyl halides is 3. The van der Waals surface area contributed by atoms with Crippen LogP contribution in [-0.4, -0.2) is 34.8 Å². The largest absolute Gasteiger partial charge is 0.390 e. The van der Waals surface area contributed by atoms with E-state index in [9.17, 15) is 27.6 Å². The smallest absolute Gasteiger partial charge is 0.381 e. The number of thiophene rings is 1. The second-order valence-electron chi connectivity index (χ2n) is 6.35. The summed E-state index contributed by atoms with van der Waals surface area (Å²) in [6.07, 6.45) is -4.28. The Kier molecular flexibility index (Phi) is 4.82. The van der Waals surface area contributed by atoms with Crippen LogP contribution in [0.5, 0.6) is 0 Å². The van der Waals surface area contributed by atoms with E-state index < -0.39 is 36.4 Å². The third kappa shape index (κ3) is 3.11. The Morgan fingerprint density at radius 3 is 2.50 bits per heavy atom. The molecule has 1 aliphatic rings. The first-order valence-electron chi connectivity index (χ1n) is 8.01. The van der Waals surface area contributed by atoms with Crippen LogP contribution in [-0.2, 0) is 11.3 Å². The third-order valence-electron chi connectivity index (χ3n) is 4.77. The number of methoxy groups -OCH3 is 1. The summed E-state index contributed by atoms with van der Waals surface area (Å²) < 4.78 is 45.2. The molecule has 2 aromatic heterocycles. The second-order valence-corrected chi connectivity index (χ2v) is 7.38. The first kappa shape index (κ1) is 18.8. The van der Waals surface area contributed by atoms with Gasteiger partial charge in [-0.3, -0.25) is 18.7 Å². The molecule has 1 aliphatic carbocycles. The highest BCUT2D eigenvalue weighted by Crippen LogP contribution is 2.34. The van der Waals surface area contributed by atoms with Gasteiger partial charge in [-0.05, 0) is 25.3 Å². The van der Waals surface area contributed by atoms with Crippen LogP contribution in [0, 0.1) is 6.92 Å². The molecule has 0 unspecified atom stereocenters. The van der Waals surface area contributed by atoms with E-state index in [1.807, 2.05) is 0 Å². The number of nitrogens with zero attached hydrogens (tertiary/aromatic N) is 2. The van der Waals surface area contributed by atoms with E-state index >= 15 is 0 Å². The molecular formula is C16H17F3N2O4S. The molecule has 0 bridgehead atoms. The highest BCUT2D eigenvalue weighted by Gasteiger charge is 2.35. The van der Waals surface area contributed by atoms with Crippen molar-refractivity contribution < 1.29 is 22.7 Å². The standard InChI is InChI=1S/C16H17F3N2O4S/c1-8-11(7-22)26-14-12(8)13(23)21(9-5-10(6-9)25-2)15(24)20(14)4-3-16(17,18)19/h7,9-10H,3-6H2,1-2H3. The lowest BCUT2D eigenvalue weighted by molar-refractivity contribution is -0.136. The molecule has 0 N–H and O–H groups in total. The Labute approximate surface area is 149 Å². The monoisotopic (exact) mass is 390 g/mol. The average molecular weight is 390 g/mol. The van der Waals surface area contributed by atoms with E-state index in [-0.39, 0.29) is 21.2 Å². The summed E-state index contributed by atoms with van der Waals surface area (Å²) in [5, 5.41) is 0.139. The molecule has 0 radical (unpaired) electrons. The summed E-state index contributed by atoms with van der Waals surface area (Å²) in [7, 11) is 1.52. The molecule has 142 valence electrons. The molecule has 0 amide bonds. The molecular weight excluding hydrogens is 373 g/mol. The topological polar surface area (TPSA) is 70.3 Å². The van der Waals surface area contributed by atoms with Gasteiger partial charge in [-0.15, -0.1) is 11.3 Å². The number of carbonyl (C=O) groups is 1. The predicted octanol–water partition coefficient (Wildman–Crippen LogP) is 2.65. The number of aryl methyl sites for hydroxylation is 2. The van der Waals surface area contributed by atoms with E-state index in [1.54, 1.807) is 6.92 Å². The van der Waals surface area contributed by atoms with Crippen molar-refractivity contribution in [3.63, 3.8) is 0 Å². The second kappa shape index (κ2) is 6.66. The predicted molar refractivity (Wildman–Crippen MR) is 90.2 cm³/mol. The Balaban J connectivity index is 2.21. The van der Waals surface area contributed by atoms with Gasteiger partial charge in [0.25, 0.3) is 5.56 Å². The number of aromatic nitrogens is 2. The van der Waals surface area contributed by atoms with Crippen molar-refractivity contribution in [1.82, 2.24) is 9.13 Å². The molecule has 1 fully saturated rings. The zero-order chi connectivity index (χ0) is 19.2. The zero-order valence-electron chi connectivity index (χ0n) is 14.1. The van der Waals surface area contributed by atoms with Gasteiger partial charge in [-0.1, -0.05) is 0 Å². The minimum atomic E-state index is -4.44. The third-order valence-corrected chi connectivity index (χ3v) is 6.01. The van der Waals surface area contributed by atoms with Crippen LogP contribution in [0.3, 0.4) is 0 Å². The number of rotatable bonds is 5. The van der Waals surface area contributed by atoms with E-state index in [0.717, 1.165) is 20.5 Å². The molecule has 2 heterocycles. The zero-order valence-corrected chi connectivity index (χ0v) is 14.9. The van der Waals surface area contributed by atoms with Crippen molar-refractivity contribution in [1.29, 1.82) is 0 Å². The van der Waals surface area contributed by atoms with Gasteiger partial charge in [0.15, 0.2) is 6.29 Å². The Morgan fingerprint density at radius 1 is 1.31 bits per heavy atom. The number of fused-ring (bicyclic) bond motifs is 1. The summed E-state index contributed by atoms with van der Waals surface area (Å²) in [6.45, 7) is 0.962. The average Bonchev–Trinajstić information content (AvgIpc) is 2.85. The maximum Gasteiger partial charge on any atom is 0.390 e. The molecule has 0 spiro atoms. The molecule has 0 atom stereocenters. The minimum absolute atomic E-state index is 0.0836. The molecule has 2 aromatic rings. The number of aldehydes is 1. The van der Waals surface area contributed by atoms with Crippen LogP contribution < -0.4 is 11.2 Å². The number of carbonyl (C=O) groups excluding carboxylic acids is 1. The summed E-state index contributed by atoms with van der Waals surface area (Å²) in [5.41, 5.74) is -0.943. The van der Waals surface area contributed by atoms with Gasteiger partial charge in [-0.2, -0.15) is 13.2 Å². The summed E-state index contributed by atoms with van der Waals surface area (Å²) in [4.78, 5) is 37.2. The van der Waals surface area contributed by atoms with Crippen LogP contribution in [0.25, 0.3) is 10.2 Å². The number of ether oxygens (including phenoxy) is 1. The maximum absolute atomic E-state index is 12.9. The van der Waals surface area contributed by atoms with Crippen molar-refractivity contribution in [2.75, 3.05) is 7.11 Å². The van der Waals surface area contributed by atoms with Crippen LogP contribution in [0.4, 0.5) is 13.2 Å². The van der Waals surface area contributed by atoms with Crippen molar-refractivity contribution in [2.45, 2.75) is 51.1 Å². The summed E-state index contributed by atoms with van der Waals surface area (Å²) >= 11 is 0.870. The summed E-state index contributed by atoms with van der Waals surface area (Å²) in [5.74, 6) is 0. The molecule has 0 aliphatic heterocycles. The first-order chi connectivity index (χ1) is 12.2. The fraction of sp³-hybridized carbons (Fsp3) is 0.562. The lowest BCUT2D eigenvalue weighted by atomic mass is 9.89. The molecule has 0 aromatic carbocycles. The van der Waals surface area contributed by atoms with E-state index in [1.165, 1.54) is 7.11 Å². The van der Waals surface area contributed by atoms with E-state index in [0.29, 0.717) is 24.7 Å². The van der Waals surface area contributed by atoms with Gasteiger partial charge in [0, 0.05) is 19.7 Å². The first-order valence-corrected chi connectivity index (χ1v) is 8.82.